The number of carbonyl (C=O) groups is 1. The topological polar surface area (TPSA) is 72.9 Å². The second-order valence-electron chi connectivity index (χ2n) is 5.97. The summed E-state index contributed by atoms with van der Waals surface area (Å²) in [5.74, 6) is -2.61. The Labute approximate surface area is 155 Å². The molecule has 6 nitrogen and oxygen atoms in total. The number of amides is 1. The number of hydrogen-bond donors (Lipinski definition) is 0. The van der Waals surface area contributed by atoms with Gasteiger partial charge >= 0.3 is 5.76 Å². The fourth-order valence-corrected chi connectivity index (χ4v) is 3.36. The molecule has 0 atom stereocenters. The molecule has 3 rings (SSSR count). The summed E-state index contributed by atoms with van der Waals surface area (Å²) < 4.78 is 59.0. The summed E-state index contributed by atoms with van der Waals surface area (Å²) in [6.07, 6.45) is 0. The molecule has 2 aromatic carbocycles. The van der Waals surface area contributed by atoms with E-state index in [0.29, 0.717) is 24.7 Å². The van der Waals surface area contributed by atoms with Crippen LogP contribution in [0.2, 0.25) is 0 Å². The summed E-state index contributed by atoms with van der Waals surface area (Å²) in [5.41, 5.74) is 1.02. The second-order valence-corrected chi connectivity index (χ2v) is 7.89. The van der Waals surface area contributed by atoms with Crippen LogP contribution in [0, 0.1) is 0 Å². The first-order chi connectivity index (χ1) is 12.8. The van der Waals surface area contributed by atoms with Crippen LogP contribution in [-0.4, -0.2) is 45.2 Å². The number of hydrogen-bond acceptors (Lipinski definition) is 5. The molecule has 1 amide bonds. The van der Waals surface area contributed by atoms with Crippen molar-refractivity contribution in [2.24, 2.45) is 0 Å². The number of fused-ring (bicyclic) bond motifs is 1. The van der Waals surface area contributed by atoms with Crippen LogP contribution in [0.5, 0.6) is 11.5 Å². The molecule has 0 saturated heterocycles. The Kier molecular flexibility index (Phi) is 5.31. The van der Waals surface area contributed by atoms with Gasteiger partial charge in [-0.2, -0.15) is 8.78 Å². The van der Waals surface area contributed by atoms with E-state index in [0.717, 1.165) is 17.7 Å². The van der Waals surface area contributed by atoms with Gasteiger partial charge < -0.3 is 14.4 Å². The zero-order valence-corrected chi connectivity index (χ0v) is 15.2. The number of halogens is 2. The van der Waals surface area contributed by atoms with Crippen LogP contribution in [0.4, 0.5) is 8.78 Å². The zero-order chi connectivity index (χ0) is 19.6. The lowest BCUT2D eigenvalue weighted by atomic mass is 10.1. The van der Waals surface area contributed by atoms with Gasteiger partial charge in [-0.05, 0) is 42.0 Å². The number of nitrogens with zero attached hydrogens (tertiary/aromatic N) is 1. The Morgan fingerprint density at radius 1 is 1.07 bits per heavy atom. The van der Waals surface area contributed by atoms with Crippen LogP contribution < -0.4 is 9.47 Å². The SMILES string of the molecule is CN(Cc1ccc2c(c1)OCCO2)C(=O)c1ccc(S(=O)(=O)C(F)F)cc1. The molecule has 0 bridgehead atoms. The lowest BCUT2D eigenvalue weighted by molar-refractivity contribution is 0.0784. The maximum atomic E-state index is 12.6. The first kappa shape index (κ1) is 19.1. The molecule has 1 aliphatic rings. The molecule has 27 heavy (non-hydrogen) atoms. The minimum absolute atomic E-state index is 0.197. The van der Waals surface area contributed by atoms with Gasteiger partial charge in [0.15, 0.2) is 11.5 Å². The lowest BCUT2D eigenvalue weighted by Crippen LogP contribution is -2.26. The van der Waals surface area contributed by atoms with E-state index in [4.69, 9.17) is 9.47 Å². The third-order valence-electron chi connectivity index (χ3n) is 4.04. The monoisotopic (exact) mass is 397 g/mol. The standard InChI is InChI=1S/C18H17F2NO5S/c1-21(11-12-2-7-15-16(10-12)26-9-8-25-15)17(22)13-3-5-14(6-4-13)27(23,24)18(19)20/h2-7,10,18H,8-9,11H2,1H3. The van der Waals surface area contributed by atoms with Crippen LogP contribution in [-0.2, 0) is 16.4 Å². The normalized spacial score (nSPS) is 13.5. The van der Waals surface area contributed by atoms with Gasteiger partial charge in [-0.25, -0.2) is 8.42 Å². The summed E-state index contributed by atoms with van der Waals surface area (Å²) >= 11 is 0. The first-order valence-corrected chi connectivity index (χ1v) is 9.60. The second kappa shape index (κ2) is 7.51. The molecule has 1 aliphatic heterocycles. The van der Waals surface area contributed by atoms with Crippen LogP contribution >= 0.6 is 0 Å². The minimum atomic E-state index is -4.68. The van der Waals surface area contributed by atoms with Gasteiger partial charge in [0.2, 0.25) is 9.84 Å². The van der Waals surface area contributed by atoms with E-state index >= 15 is 0 Å². The van der Waals surface area contributed by atoms with Gasteiger partial charge in [0, 0.05) is 19.2 Å². The Morgan fingerprint density at radius 3 is 2.33 bits per heavy atom. The molecule has 0 aliphatic carbocycles. The molecule has 144 valence electrons. The summed E-state index contributed by atoms with van der Waals surface area (Å²) in [7, 11) is -3.09. The van der Waals surface area contributed by atoms with Crippen molar-refractivity contribution in [2.45, 2.75) is 17.2 Å². The van der Waals surface area contributed by atoms with Crippen molar-refractivity contribution in [2.75, 3.05) is 20.3 Å². The van der Waals surface area contributed by atoms with E-state index in [9.17, 15) is 22.0 Å². The van der Waals surface area contributed by atoms with E-state index in [-0.39, 0.29) is 18.0 Å². The van der Waals surface area contributed by atoms with Gasteiger partial charge in [0.05, 0.1) is 4.90 Å². The highest BCUT2D eigenvalue weighted by Crippen LogP contribution is 2.31. The molecule has 0 saturated carbocycles. The van der Waals surface area contributed by atoms with E-state index < -0.39 is 20.5 Å². The summed E-state index contributed by atoms with van der Waals surface area (Å²) in [6, 6.07) is 9.83. The summed E-state index contributed by atoms with van der Waals surface area (Å²) in [6.45, 7) is 1.23. The van der Waals surface area contributed by atoms with Crippen LogP contribution in [0.25, 0.3) is 0 Å². The third-order valence-corrected chi connectivity index (χ3v) is 5.44. The van der Waals surface area contributed by atoms with E-state index in [2.05, 4.69) is 0 Å². The smallest absolute Gasteiger partial charge is 0.341 e. The van der Waals surface area contributed by atoms with Crippen molar-refractivity contribution in [1.82, 2.24) is 4.90 Å². The van der Waals surface area contributed by atoms with Crippen molar-refractivity contribution < 1.29 is 31.5 Å². The fourth-order valence-electron chi connectivity index (χ4n) is 2.64. The third kappa shape index (κ3) is 4.02. The highest BCUT2D eigenvalue weighted by Gasteiger charge is 2.26. The number of ether oxygens (including phenoxy) is 2. The number of benzene rings is 2. The Hall–Kier alpha value is -2.68. The zero-order valence-electron chi connectivity index (χ0n) is 14.4. The van der Waals surface area contributed by atoms with E-state index in [1.807, 2.05) is 6.07 Å². The first-order valence-electron chi connectivity index (χ1n) is 8.05. The maximum Gasteiger partial charge on any atom is 0.341 e. The largest absolute Gasteiger partial charge is 0.486 e. The predicted molar refractivity (Wildman–Crippen MR) is 92.9 cm³/mol. The van der Waals surface area contributed by atoms with Gasteiger partial charge in [0.1, 0.15) is 13.2 Å². The number of carbonyl (C=O) groups excluding carboxylic acids is 1. The molecular formula is C18H17F2NO5S. The molecule has 9 heteroatoms. The molecule has 0 fully saturated rings. The molecule has 0 spiro atoms. The van der Waals surface area contributed by atoms with Gasteiger partial charge in [-0.3, -0.25) is 4.79 Å². The summed E-state index contributed by atoms with van der Waals surface area (Å²) in [4.78, 5) is 13.4. The molecule has 0 unspecified atom stereocenters. The van der Waals surface area contributed by atoms with Crippen molar-refractivity contribution in [3.05, 3.63) is 53.6 Å². The number of sulfone groups is 1. The average Bonchev–Trinajstić information content (AvgIpc) is 2.67. The Bertz CT molecular complexity index is 945. The van der Waals surface area contributed by atoms with E-state index in [1.165, 1.54) is 17.0 Å². The van der Waals surface area contributed by atoms with Crippen molar-refractivity contribution in [3.8, 4) is 11.5 Å². The minimum Gasteiger partial charge on any atom is -0.486 e. The number of rotatable bonds is 5. The number of alkyl halides is 2. The maximum absolute atomic E-state index is 12.6. The molecule has 0 radical (unpaired) electrons. The molecule has 1 heterocycles. The predicted octanol–water partition coefficient (Wildman–Crippen LogP) is 2.73. The molecular weight excluding hydrogens is 380 g/mol. The van der Waals surface area contributed by atoms with Crippen molar-refractivity contribution in [1.29, 1.82) is 0 Å². The highest BCUT2D eigenvalue weighted by atomic mass is 32.2. The van der Waals surface area contributed by atoms with Crippen molar-refractivity contribution in [3.63, 3.8) is 0 Å². The van der Waals surface area contributed by atoms with Crippen molar-refractivity contribution >= 4 is 15.7 Å². The Morgan fingerprint density at radius 2 is 1.70 bits per heavy atom. The van der Waals surface area contributed by atoms with Crippen LogP contribution in [0.1, 0.15) is 15.9 Å². The summed E-state index contributed by atoms with van der Waals surface area (Å²) in [5, 5.41) is 0. The average molecular weight is 397 g/mol. The van der Waals surface area contributed by atoms with Gasteiger partial charge in [-0.15, -0.1) is 0 Å². The quantitative estimate of drug-likeness (QED) is 0.776. The van der Waals surface area contributed by atoms with E-state index in [1.54, 1.807) is 19.2 Å². The van der Waals surface area contributed by atoms with Gasteiger partial charge in [-0.1, -0.05) is 6.07 Å². The van der Waals surface area contributed by atoms with Crippen LogP contribution in [0.15, 0.2) is 47.4 Å². The molecule has 2 aromatic rings. The lowest BCUT2D eigenvalue weighted by Gasteiger charge is -2.21. The Balaban J connectivity index is 1.72. The fraction of sp³-hybridized carbons (Fsp3) is 0.278. The molecule has 0 aromatic heterocycles. The molecule has 0 N–H and O–H groups in total. The van der Waals surface area contributed by atoms with Gasteiger partial charge in [0.25, 0.3) is 5.91 Å². The van der Waals surface area contributed by atoms with Crippen LogP contribution in [0.3, 0.4) is 0 Å². The highest BCUT2D eigenvalue weighted by molar-refractivity contribution is 7.91.